The van der Waals surface area contributed by atoms with Gasteiger partial charge < -0.3 is 15.0 Å². The van der Waals surface area contributed by atoms with Crippen molar-refractivity contribution >= 4 is 27.5 Å². The SMILES string of the molecule is CC[C@@H](C(=O)NCC(C)C)N(Cc1ccccc1C)C(=O)CN(c1ccccc1)S(=O)(=O)c1ccc(OC)cc1. The molecule has 0 spiro atoms. The molecule has 0 bridgehead atoms. The van der Waals surface area contributed by atoms with Gasteiger partial charge in [0.1, 0.15) is 18.3 Å². The summed E-state index contributed by atoms with van der Waals surface area (Å²) in [6, 6.07) is 21.4. The second-order valence-corrected chi connectivity index (χ2v) is 11.9. The van der Waals surface area contributed by atoms with E-state index in [0.717, 1.165) is 15.4 Å². The zero-order chi connectivity index (χ0) is 29.3. The van der Waals surface area contributed by atoms with Crippen molar-refractivity contribution in [2.24, 2.45) is 5.92 Å². The van der Waals surface area contributed by atoms with Crippen LogP contribution >= 0.6 is 0 Å². The summed E-state index contributed by atoms with van der Waals surface area (Å²) in [5.74, 6) is 0.0206. The number of aryl methyl sites for hydroxylation is 1. The van der Waals surface area contributed by atoms with E-state index in [0.29, 0.717) is 24.4 Å². The molecule has 9 heteroatoms. The standard InChI is InChI=1S/C31H39N3O5S/c1-6-29(31(36)32-20-23(2)3)33(21-25-13-11-10-12-24(25)4)30(35)22-34(26-14-8-7-9-15-26)40(37,38)28-18-16-27(39-5)17-19-28/h7-19,23,29H,6,20-22H2,1-5H3,(H,32,36)/t29-/m0/s1. The number of sulfonamides is 1. The number of carbonyl (C=O) groups excluding carboxylic acids is 2. The van der Waals surface area contributed by atoms with Crippen molar-refractivity contribution in [3.05, 3.63) is 90.0 Å². The number of carbonyl (C=O) groups is 2. The van der Waals surface area contributed by atoms with Gasteiger partial charge in [-0.2, -0.15) is 0 Å². The number of para-hydroxylation sites is 1. The molecule has 0 fully saturated rings. The van der Waals surface area contributed by atoms with E-state index in [1.165, 1.54) is 24.1 Å². The predicted octanol–water partition coefficient (Wildman–Crippen LogP) is 4.78. The lowest BCUT2D eigenvalue weighted by Crippen LogP contribution is -2.52. The normalized spacial score (nSPS) is 12.1. The smallest absolute Gasteiger partial charge is 0.264 e. The fraction of sp³-hybridized carbons (Fsp3) is 0.355. The van der Waals surface area contributed by atoms with Crippen molar-refractivity contribution in [1.29, 1.82) is 0 Å². The van der Waals surface area contributed by atoms with Crippen LogP contribution in [0.2, 0.25) is 0 Å². The number of anilines is 1. The molecule has 40 heavy (non-hydrogen) atoms. The highest BCUT2D eigenvalue weighted by molar-refractivity contribution is 7.92. The van der Waals surface area contributed by atoms with Gasteiger partial charge in [0, 0.05) is 13.1 Å². The lowest BCUT2D eigenvalue weighted by Gasteiger charge is -2.33. The Labute approximate surface area is 238 Å². The van der Waals surface area contributed by atoms with E-state index < -0.39 is 28.5 Å². The number of ether oxygens (including phenoxy) is 1. The van der Waals surface area contributed by atoms with Crippen LogP contribution < -0.4 is 14.4 Å². The van der Waals surface area contributed by atoms with Crippen molar-refractivity contribution in [3.8, 4) is 5.75 Å². The largest absolute Gasteiger partial charge is 0.497 e. The molecule has 0 aliphatic rings. The van der Waals surface area contributed by atoms with E-state index >= 15 is 0 Å². The van der Waals surface area contributed by atoms with Crippen molar-refractivity contribution in [2.75, 3.05) is 24.5 Å². The Hall–Kier alpha value is -3.85. The molecule has 0 aromatic heterocycles. The van der Waals surface area contributed by atoms with Gasteiger partial charge in [0.2, 0.25) is 11.8 Å². The first-order valence-corrected chi connectivity index (χ1v) is 14.9. The topological polar surface area (TPSA) is 96.0 Å². The second kappa shape index (κ2) is 14.0. The average Bonchev–Trinajstić information content (AvgIpc) is 2.95. The average molecular weight is 566 g/mol. The Morgan fingerprint density at radius 3 is 2.12 bits per heavy atom. The van der Waals surface area contributed by atoms with E-state index in [-0.39, 0.29) is 23.3 Å². The number of rotatable bonds is 13. The molecular weight excluding hydrogens is 526 g/mol. The van der Waals surface area contributed by atoms with Crippen LogP contribution in [0, 0.1) is 12.8 Å². The summed E-state index contributed by atoms with van der Waals surface area (Å²) < 4.78 is 34.1. The predicted molar refractivity (Wildman–Crippen MR) is 158 cm³/mol. The van der Waals surface area contributed by atoms with E-state index in [2.05, 4.69) is 5.32 Å². The van der Waals surface area contributed by atoms with E-state index in [1.807, 2.05) is 52.0 Å². The van der Waals surface area contributed by atoms with Crippen LogP contribution in [0.5, 0.6) is 5.75 Å². The molecule has 3 aromatic rings. The van der Waals surface area contributed by atoms with E-state index in [9.17, 15) is 18.0 Å². The van der Waals surface area contributed by atoms with Gasteiger partial charge >= 0.3 is 0 Å². The number of benzene rings is 3. The summed E-state index contributed by atoms with van der Waals surface area (Å²) in [6.07, 6.45) is 0.373. The summed E-state index contributed by atoms with van der Waals surface area (Å²) in [7, 11) is -2.63. The first-order valence-electron chi connectivity index (χ1n) is 13.4. The Kier molecular flexibility index (Phi) is 10.7. The fourth-order valence-electron chi connectivity index (χ4n) is 4.31. The van der Waals surface area contributed by atoms with Gasteiger partial charge in [-0.3, -0.25) is 13.9 Å². The van der Waals surface area contributed by atoms with Crippen LogP contribution in [0.3, 0.4) is 0 Å². The molecule has 1 atom stereocenters. The number of nitrogens with zero attached hydrogens (tertiary/aromatic N) is 2. The molecule has 3 aromatic carbocycles. The minimum atomic E-state index is -4.13. The Bertz CT molecular complexity index is 1380. The quantitative estimate of drug-likeness (QED) is 0.322. The molecular formula is C31H39N3O5S. The van der Waals surface area contributed by atoms with Crippen LogP contribution in [-0.2, 0) is 26.2 Å². The third-order valence-corrected chi connectivity index (χ3v) is 8.43. The number of methoxy groups -OCH3 is 1. The lowest BCUT2D eigenvalue weighted by molar-refractivity contribution is -0.140. The van der Waals surface area contributed by atoms with Gasteiger partial charge in [0.25, 0.3) is 10.0 Å². The van der Waals surface area contributed by atoms with Crippen molar-refractivity contribution in [1.82, 2.24) is 10.2 Å². The summed E-state index contributed by atoms with van der Waals surface area (Å²) >= 11 is 0. The number of nitrogens with one attached hydrogen (secondary N) is 1. The van der Waals surface area contributed by atoms with Crippen molar-refractivity contribution < 1.29 is 22.7 Å². The molecule has 0 unspecified atom stereocenters. The molecule has 1 N–H and O–H groups in total. The van der Waals surface area contributed by atoms with Gasteiger partial charge in [0.15, 0.2) is 0 Å². The molecule has 0 radical (unpaired) electrons. The first kappa shape index (κ1) is 30.7. The lowest BCUT2D eigenvalue weighted by atomic mass is 10.1. The summed E-state index contributed by atoms with van der Waals surface area (Å²) in [5.41, 5.74) is 2.21. The maximum absolute atomic E-state index is 14.1. The van der Waals surface area contributed by atoms with Crippen LogP contribution in [0.1, 0.15) is 38.3 Å². The van der Waals surface area contributed by atoms with Gasteiger partial charge in [0.05, 0.1) is 17.7 Å². The Balaban J connectivity index is 2.03. The van der Waals surface area contributed by atoms with Crippen molar-refractivity contribution in [2.45, 2.75) is 51.6 Å². The van der Waals surface area contributed by atoms with Crippen LogP contribution in [0.4, 0.5) is 5.69 Å². The van der Waals surface area contributed by atoms with Crippen LogP contribution in [0.25, 0.3) is 0 Å². The summed E-state index contributed by atoms with van der Waals surface area (Å²) in [5, 5.41) is 2.94. The molecule has 8 nitrogen and oxygen atoms in total. The molecule has 3 rings (SSSR count). The molecule has 0 aliphatic carbocycles. The van der Waals surface area contributed by atoms with Gasteiger partial charge in [-0.05, 0) is 66.8 Å². The number of hydrogen-bond acceptors (Lipinski definition) is 5. The third-order valence-electron chi connectivity index (χ3n) is 6.64. The van der Waals surface area contributed by atoms with Gasteiger partial charge in [-0.1, -0.05) is 63.2 Å². The highest BCUT2D eigenvalue weighted by Crippen LogP contribution is 2.26. The summed E-state index contributed by atoms with van der Waals surface area (Å²) in [6.45, 7) is 7.97. The van der Waals surface area contributed by atoms with Gasteiger partial charge in [-0.15, -0.1) is 0 Å². The zero-order valence-electron chi connectivity index (χ0n) is 23.8. The molecule has 0 aliphatic heterocycles. The first-order chi connectivity index (χ1) is 19.1. The molecule has 0 saturated carbocycles. The molecule has 0 heterocycles. The van der Waals surface area contributed by atoms with Crippen LogP contribution in [-0.4, -0.2) is 51.4 Å². The molecule has 2 amide bonds. The van der Waals surface area contributed by atoms with Gasteiger partial charge in [-0.25, -0.2) is 8.42 Å². The molecule has 0 saturated heterocycles. The highest BCUT2D eigenvalue weighted by Gasteiger charge is 2.33. The maximum atomic E-state index is 14.1. The monoisotopic (exact) mass is 565 g/mol. The van der Waals surface area contributed by atoms with E-state index in [4.69, 9.17) is 4.74 Å². The summed E-state index contributed by atoms with van der Waals surface area (Å²) in [4.78, 5) is 28.9. The fourth-order valence-corrected chi connectivity index (χ4v) is 5.73. The van der Waals surface area contributed by atoms with E-state index in [1.54, 1.807) is 42.5 Å². The Morgan fingerprint density at radius 2 is 1.55 bits per heavy atom. The Morgan fingerprint density at radius 1 is 0.925 bits per heavy atom. The minimum absolute atomic E-state index is 0.0251. The minimum Gasteiger partial charge on any atom is -0.497 e. The third kappa shape index (κ3) is 7.63. The number of amides is 2. The molecule has 214 valence electrons. The van der Waals surface area contributed by atoms with Crippen LogP contribution in [0.15, 0.2) is 83.8 Å². The number of hydrogen-bond donors (Lipinski definition) is 1. The maximum Gasteiger partial charge on any atom is 0.264 e. The van der Waals surface area contributed by atoms with Crippen molar-refractivity contribution in [3.63, 3.8) is 0 Å². The zero-order valence-corrected chi connectivity index (χ0v) is 24.6. The second-order valence-electron chi connectivity index (χ2n) is 10.0. The highest BCUT2D eigenvalue weighted by atomic mass is 32.2.